The first-order valence-electron chi connectivity index (χ1n) is 11.5. The number of ether oxygens (including phenoxy) is 1. The molecule has 34 heavy (non-hydrogen) atoms. The van der Waals surface area contributed by atoms with Gasteiger partial charge in [0.05, 0.1) is 29.6 Å². The van der Waals surface area contributed by atoms with Crippen molar-refractivity contribution in [1.82, 2.24) is 4.90 Å². The summed E-state index contributed by atoms with van der Waals surface area (Å²) in [5.41, 5.74) is 3.05. The second kappa shape index (κ2) is 10.2. The van der Waals surface area contributed by atoms with Gasteiger partial charge in [-0.05, 0) is 60.6 Å². The Morgan fingerprint density at radius 3 is 2.59 bits per heavy atom. The highest BCUT2D eigenvalue weighted by atomic mass is 35.5. The van der Waals surface area contributed by atoms with Crippen molar-refractivity contribution in [2.24, 2.45) is 4.99 Å². The largest absolute Gasteiger partial charge is 0.378 e. The second-order valence-electron chi connectivity index (χ2n) is 8.33. The zero-order valence-electron chi connectivity index (χ0n) is 19.3. The van der Waals surface area contributed by atoms with Gasteiger partial charge >= 0.3 is 0 Å². The van der Waals surface area contributed by atoms with Crippen LogP contribution in [0.25, 0.3) is 0 Å². The molecule has 0 unspecified atom stereocenters. The molecular formula is C25H27ClN4O2S2. The molecule has 0 aromatic heterocycles. The molecule has 6 nitrogen and oxygen atoms in total. The molecular weight excluding hydrogens is 488 g/mol. The summed E-state index contributed by atoms with van der Waals surface area (Å²) in [6.07, 6.45) is 1.95. The summed E-state index contributed by atoms with van der Waals surface area (Å²) in [4.78, 5) is 26.4. The molecule has 0 spiro atoms. The quantitative estimate of drug-likeness (QED) is 0.459. The van der Waals surface area contributed by atoms with Crippen LogP contribution in [0.1, 0.15) is 19.8 Å². The molecule has 9 heteroatoms. The van der Waals surface area contributed by atoms with Crippen LogP contribution in [0.3, 0.4) is 0 Å². The summed E-state index contributed by atoms with van der Waals surface area (Å²) in [7, 11) is 1.99. The highest BCUT2D eigenvalue weighted by molar-refractivity contribution is 8.19. The average molecular weight is 515 g/mol. The minimum absolute atomic E-state index is 0.0235. The number of amidine groups is 1. The molecule has 0 bridgehead atoms. The first-order chi connectivity index (χ1) is 16.5. The first kappa shape index (κ1) is 23.6. The first-order valence-corrected chi connectivity index (χ1v) is 13.5. The van der Waals surface area contributed by atoms with E-state index in [0.717, 1.165) is 70.5 Å². The Bertz CT molecular complexity index is 1150. The van der Waals surface area contributed by atoms with Crippen LogP contribution in [0.15, 0.2) is 62.3 Å². The number of benzene rings is 2. The van der Waals surface area contributed by atoms with E-state index < -0.39 is 0 Å². The molecule has 2 aromatic carbocycles. The van der Waals surface area contributed by atoms with Gasteiger partial charge in [-0.2, -0.15) is 0 Å². The number of unbranched alkanes of at least 4 members (excludes halogenated alkanes) is 1. The summed E-state index contributed by atoms with van der Waals surface area (Å²) in [5, 5.41) is 2.36. The van der Waals surface area contributed by atoms with E-state index in [2.05, 4.69) is 28.9 Å². The van der Waals surface area contributed by atoms with Crippen LogP contribution < -0.4 is 9.80 Å². The van der Waals surface area contributed by atoms with Crippen LogP contribution in [0.4, 0.5) is 17.1 Å². The van der Waals surface area contributed by atoms with Gasteiger partial charge in [0.25, 0.3) is 5.91 Å². The summed E-state index contributed by atoms with van der Waals surface area (Å²) >= 11 is 9.30. The Labute approximate surface area is 214 Å². The predicted molar refractivity (Wildman–Crippen MR) is 144 cm³/mol. The molecule has 2 aromatic rings. The van der Waals surface area contributed by atoms with Crippen LogP contribution in [-0.2, 0) is 9.53 Å². The smallest absolute Gasteiger partial charge is 0.269 e. The number of hydrogen-bond acceptors (Lipinski definition) is 7. The maximum Gasteiger partial charge on any atom is 0.269 e. The summed E-state index contributed by atoms with van der Waals surface area (Å²) in [6, 6.07) is 14.1. The number of morpholine rings is 1. The molecule has 178 valence electrons. The van der Waals surface area contributed by atoms with Crippen molar-refractivity contribution in [2.45, 2.75) is 24.7 Å². The van der Waals surface area contributed by atoms with Crippen LogP contribution in [0.2, 0.25) is 5.02 Å². The zero-order valence-corrected chi connectivity index (χ0v) is 21.7. The van der Waals surface area contributed by atoms with E-state index in [1.165, 1.54) is 17.4 Å². The Kier molecular flexibility index (Phi) is 7.11. The number of halogens is 1. The molecule has 0 saturated carbocycles. The van der Waals surface area contributed by atoms with Crippen molar-refractivity contribution in [3.63, 3.8) is 0 Å². The monoisotopic (exact) mass is 514 g/mol. The Morgan fingerprint density at radius 1 is 1.09 bits per heavy atom. The second-order valence-corrected chi connectivity index (χ2v) is 10.8. The summed E-state index contributed by atoms with van der Waals surface area (Å²) in [6.45, 7) is 6.12. The number of carbonyl (C=O) groups is 1. The lowest BCUT2D eigenvalue weighted by Gasteiger charge is -2.28. The van der Waals surface area contributed by atoms with E-state index in [-0.39, 0.29) is 5.91 Å². The van der Waals surface area contributed by atoms with Gasteiger partial charge in [0.2, 0.25) is 0 Å². The molecule has 0 aliphatic carbocycles. The lowest BCUT2D eigenvalue weighted by Crippen LogP contribution is -2.36. The fraction of sp³-hybridized carbons (Fsp3) is 0.360. The van der Waals surface area contributed by atoms with Crippen molar-refractivity contribution in [3.05, 3.63) is 57.4 Å². The fourth-order valence-corrected chi connectivity index (χ4v) is 6.64. The Hall–Kier alpha value is -2.13. The van der Waals surface area contributed by atoms with E-state index >= 15 is 0 Å². The molecule has 0 atom stereocenters. The van der Waals surface area contributed by atoms with Gasteiger partial charge < -0.3 is 14.5 Å². The minimum atomic E-state index is 0.0235. The summed E-state index contributed by atoms with van der Waals surface area (Å²) in [5.74, 6) is 0.0235. The molecule has 1 amide bonds. The third-order valence-electron chi connectivity index (χ3n) is 6.04. The maximum absolute atomic E-state index is 13.5. The summed E-state index contributed by atoms with van der Waals surface area (Å²) < 4.78 is 5.45. The molecule has 0 N–H and O–H groups in total. The Balaban J connectivity index is 1.43. The standard InChI is InChI=1S/C25H27ClN4O2S2/c1-3-4-11-30-23(31)22(24-28(2)20-16-17(26)5-10-21(20)33-24)34-25(30)27-18-6-8-19(9-7-18)29-12-14-32-15-13-29/h5-10,16H,3-4,11-15H2,1-2H3/b24-22-,27-25?. The van der Waals surface area contributed by atoms with Gasteiger partial charge in [-0.1, -0.05) is 36.7 Å². The number of amides is 1. The molecule has 5 rings (SSSR count). The van der Waals surface area contributed by atoms with Crippen molar-refractivity contribution in [2.75, 3.05) is 49.7 Å². The molecule has 3 aliphatic rings. The van der Waals surface area contributed by atoms with Gasteiger partial charge in [0.1, 0.15) is 4.91 Å². The van der Waals surface area contributed by atoms with Gasteiger partial charge in [-0.15, -0.1) is 0 Å². The highest BCUT2D eigenvalue weighted by Crippen LogP contribution is 2.50. The third-order valence-corrected chi connectivity index (χ3v) is 8.70. The molecule has 0 radical (unpaired) electrons. The molecule has 3 heterocycles. The van der Waals surface area contributed by atoms with Gasteiger partial charge in [-0.25, -0.2) is 4.99 Å². The van der Waals surface area contributed by atoms with Crippen LogP contribution in [0, 0.1) is 0 Å². The highest BCUT2D eigenvalue weighted by Gasteiger charge is 2.38. The molecule has 3 aliphatic heterocycles. The number of thioether (sulfide) groups is 2. The third kappa shape index (κ3) is 4.69. The number of anilines is 2. The van der Waals surface area contributed by atoms with Gasteiger partial charge in [-0.3, -0.25) is 9.69 Å². The van der Waals surface area contributed by atoms with Crippen LogP contribution in [-0.4, -0.2) is 55.9 Å². The Morgan fingerprint density at radius 2 is 1.85 bits per heavy atom. The topological polar surface area (TPSA) is 48.4 Å². The van der Waals surface area contributed by atoms with Crippen molar-refractivity contribution < 1.29 is 9.53 Å². The van der Waals surface area contributed by atoms with Crippen LogP contribution >= 0.6 is 35.1 Å². The average Bonchev–Trinajstić information content (AvgIpc) is 3.34. The number of rotatable bonds is 5. The molecule has 2 saturated heterocycles. The number of aliphatic imine (C=N–C) groups is 1. The molecule has 2 fully saturated rings. The number of hydrogen-bond donors (Lipinski definition) is 0. The van der Waals surface area contributed by atoms with E-state index in [1.54, 1.807) is 11.8 Å². The van der Waals surface area contributed by atoms with E-state index in [0.29, 0.717) is 11.6 Å². The van der Waals surface area contributed by atoms with Crippen molar-refractivity contribution in [1.29, 1.82) is 0 Å². The van der Waals surface area contributed by atoms with Crippen molar-refractivity contribution in [3.8, 4) is 0 Å². The van der Waals surface area contributed by atoms with E-state index in [4.69, 9.17) is 21.3 Å². The predicted octanol–water partition coefficient (Wildman–Crippen LogP) is 5.95. The van der Waals surface area contributed by atoms with Crippen LogP contribution in [0.5, 0.6) is 0 Å². The van der Waals surface area contributed by atoms with Gasteiger partial charge in [0.15, 0.2) is 5.17 Å². The number of nitrogens with zero attached hydrogens (tertiary/aromatic N) is 4. The lowest BCUT2D eigenvalue weighted by molar-refractivity contribution is -0.122. The van der Waals surface area contributed by atoms with E-state index in [1.807, 2.05) is 42.3 Å². The normalized spacial score (nSPS) is 21.7. The number of fused-ring (bicyclic) bond motifs is 1. The number of carbonyl (C=O) groups excluding carboxylic acids is 1. The lowest BCUT2D eigenvalue weighted by atomic mass is 10.2. The fourth-order valence-electron chi connectivity index (χ4n) is 4.12. The zero-order chi connectivity index (χ0) is 23.7. The minimum Gasteiger partial charge on any atom is -0.378 e. The van der Waals surface area contributed by atoms with E-state index in [9.17, 15) is 4.79 Å². The SMILES string of the molecule is CCCCN1C(=O)/C(=C2/Sc3ccc(Cl)cc3N2C)SC1=Nc1ccc(N2CCOCC2)cc1. The maximum atomic E-state index is 13.5. The van der Waals surface area contributed by atoms with Crippen molar-refractivity contribution >= 4 is 63.3 Å². The van der Waals surface area contributed by atoms with Gasteiger partial charge in [0, 0.05) is 42.3 Å².